The van der Waals surface area contributed by atoms with Crippen molar-refractivity contribution in [2.24, 2.45) is 0 Å². The number of amides is 1. The molecule has 0 saturated carbocycles. The number of nitrogens with zero attached hydrogens (tertiary/aromatic N) is 2. The van der Waals surface area contributed by atoms with Crippen LogP contribution in [0.15, 0.2) is 12.1 Å². The highest BCUT2D eigenvalue weighted by Crippen LogP contribution is 2.13. The minimum atomic E-state index is -0.597. The molecule has 8 nitrogen and oxygen atoms in total. The molecule has 1 heterocycles. The van der Waals surface area contributed by atoms with Gasteiger partial charge >= 0.3 is 18.0 Å². The average molecular weight is 394 g/mol. The van der Waals surface area contributed by atoms with Gasteiger partial charge in [0, 0.05) is 13.6 Å². The van der Waals surface area contributed by atoms with Crippen molar-refractivity contribution >= 4 is 18.0 Å². The van der Waals surface area contributed by atoms with Gasteiger partial charge in [0.2, 0.25) is 0 Å². The molecule has 0 radical (unpaired) electrons. The minimum absolute atomic E-state index is 0.0582. The highest BCUT2D eigenvalue weighted by molar-refractivity contribution is 5.92. The van der Waals surface area contributed by atoms with Crippen LogP contribution in [0.25, 0.3) is 0 Å². The number of hydrogen-bond donors (Lipinski definition) is 0. The second-order valence-electron chi connectivity index (χ2n) is 7.19. The molecule has 0 bridgehead atoms. The van der Waals surface area contributed by atoms with Gasteiger partial charge in [0.1, 0.15) is 17.0 Å². The molecule has 0 aliphatic rings. The molecule has 28 heavy (non-hydrogen) atoms. The summed E-state index contributed by atoms with van der Waals surface area (Å²) >= 11 is 0. The molecule has 0 saturated heterocycles. The number of hydrogen-bond acceptors (Lipinski definition) is 7. The van der Waals surface area contributed by atoms with E-state index in [2.05, 4.69) is 4.98 Å². The SMILES string of the molecule is CCOC(=O)c1cc(CCCN(C)C(=O)OC(C)(C)C)cc(C(=O)OCC)n1. The fraction of sp³-hybridized carbons (Fsp3) is 0.600. The van der Waals surface area contributed by atoms with Crippen molar-refractivity contribution in [1.29, 1.82) is 0 Å². The maximum Gasteiger partial charge on any atom is 0.410 e. The van der Waals surface area contributed by atoms with Gasteiger partial charge in [-0.05, 0) is 65.2 Å². The first kappa shape index (κ1) is 23.4. The zero-order chi connectivity index (χ0) is 21.3. The number of rotatable bonds is 8. The molecule has 0 fully saturated rings. The third-order valence-corrected chi connectivity index (χ3v) is 3.52. The first-order valence-electron chi connectivity index (χ1n) is 9.36. The lowest BCUT2D eigenvalue weighted by molar-refractivity contribution is 0.0296. The van der Waals surface area contributed by atoms with Gasteiger partial charge in [-0.1, -0.05) is 0 Å². The topological polar surface area (TPSA) is 95.0 Å². The molecule has 0 atom stereocenters. The number of pyridine rings is 1. The molecule has 0 aliphatic heterocycles. The third kappa shape index (κ3) is 7.94. The van der Waals surface area contributed by atoms with Gasteiger partial charge in [0.15, 0.2) is 0 Å². The van der Waals surface area contributed by atoms with Crippen LogP contribution in [0.3, 0.4) is 0 Å². The van der Waals surface area contributed by atoms with Crippen molar-refractivity contribution in [2.45, 2.75) is 53.1 Å². The van der Waals surface area contributed by atoms with Crippen molar-refractivity contribution in [3.05, 3.63) is 29.1 Å². The van der Waals surface area contributed by atoms with Crippen LogP contribution < -0.4 is 0 Å². The van der Waals surface area contributed by atoms with Crippen molar-refractivity contribution in [2.75, 3.05) is 26.8 Å². The van der Waals surface area contributed by atoms with Gasteiger partial charge in [-0.15, -0.1) is 0 Å². The van der Waals surface area contributed by atoms with E-state index in [1.807, 2.05) is 20.8 Å². The number of carbonyl (C=O) groups excluding carboxylic acids is 3. The number of aryl methyl sites for hydroxylation is 1. The molecule has 8 heteroatoms. The van der Waals surface area contributed by atoms with Crippen molar-refractivity contribution in [3.63, 3.8) is 0 Å². The Morgan fingerprint density at radius 2 is 1.50 bits per heavy atom. The van der Waals surface area contributed by atoms with Gasteiger partial charge in [-0.2, -0.15) is 0 Å². The fourth-order valence-corrected chi connectivity index (χ4v) is 2.30. The third-order valence-electron chi connectivity index (χ3n) is 3.52. The predicted octanol–water partition coefficient (Wildman–Crippen LogP) is 3.23. The summed E-state index contributed by atoms with van der Waals surface area (Å²) in [6.07, 6.45) is 0.750. The first-order chi connectivity index (χ1) is 13.1. The molecule has 0 aliphatic carbocycles. The van der Waals surface area contributed by atoms with Crippen molar-refractivity contribution in [1.82, 2.24) is 9.88 Å². The maximum atomic E-state index is 12.0. The zero-order valence-corrected chi connectivity index (χ0v) is 17.5. The summed E-state index contributed by atoms with van der Waals surface area (Å²) in [6, 6.07) is 3.18. The fourth-order valence-electron chi connectivity index (χ4n) is 2.30. The number of carbonyl (C=O) groups is 3. The Morgan fingerprint density at radius 3 is 1.93 bits per heavy atom. The van der Waals surface area contributed by atoms with Crippen LogP contribution in [0.5, 0.6) is 0 Å². The van der Waals surface area contributed by atoms with E-state index in [1.165, 1.54) is 4.90 Å². The van der Waals surface area contributed by atoms with Gasteiger partial charge in [-0.25, -0.2) is 19.4 Å². The summed E-state index contributed by atoms with van der Waals surface area (Å²) in [6.45, 7) is 9.69. The molecule has 1 rings (SSSR count). The second-order valence-corrected chi connectivity index (χ2v) is 7.19. The number of esters is 2. The van der Waals surface area contributed by atoms with Gasteiger partial charge in [0.25, 0.3) is 0 Å². The van der Waals surface area contributed by atoms with Gasteiger partial charge < -0.3 is 19.1 Å². The molecular weight excluding hydrogens is 364 g/mol. The van der Waals surface area contributed by atoms with Gasteiger partial charge in [0.05, 0.1) is 13.2 Å². The lowest BCUT2D eigenvalue weighted by Gasteiger charge is -2.24. The Balaban J connectivity index is 2.84. The van der Waals surface area contributed by atoms with Crippen LogP contribution in [0, 0.1) is 0 Å². The molecule has 156 valence electrons. The summed E-state index contributed by atoms with van der Waals surface area (Å²) in [5.74, 6) is -1.19. The van der Waals surface area contributed by atoms with Crippen LogP contribution in [0.1, 0.15) is 67.6 Å². The Morgan fingerprint density at radius 1 is 1.00 bits per heavy atom. The molecule has 1 amide bonds. The normalized spacial score (nSPS) is 10.9. The summed E-state index contributed by atoms with van der Waals surface area (Å²) in [7, 11) is 1.66. The molecule has 0 N–H and O–H groups in total. The molecule has 0 spiro atoms. The maximum absolute atomic E-state index is 12.0. The van der Waals surface area contributed by atoms with Crippen LogP contribution in [-0.4, -0.2) is 60.3 Å². The van der Waals surface area contributed by atoms with Crippen LogP contribution in [-0.2, 0) is 20.6 Å². The van der Waals surface area contributed by atoms with E-state index < -0.39 is 23.6 Å². The highest BCUT2D eigenvalue weighted by Gasteiger charge is 2.20. The molecule has 1 aromatic rings. The zero-order valence-electron chi connectivity index (χ0n) is 17.5. The van der Waals surface area contributed by atoms with E-state index >= 15 is 0 Å². The lowest BCUT2D eigenvalue weighted by Crippen LogP contribution is -2.34. The standard InChI is InChI=1S/C20H30N2O6/c1-7-26-17(23)15-12-14(13-16(21-15)18(24)27-8-2)10-9-11-22(6)19(25)28-20(3,4)5/h12-13H,7-11H2,1-6H3. The van der Waals surface area contributed by atoms with E-state index in [1.54, 1.807) is 33.0 Å². The summed E-state index contributed by atoms with van der Waals surface area (Å²) in [4.78, 5) is 41.6. The second kappa shape index (κ2) is 10.6. The largest absolute Gasteiger partial charge is 0.461 e. The van der Waals surface area contributed by atoms with Crippen molar-refractivity contribution in [3.8, 4) is 0 Å². The molecule has 1 aromatic heterocycles. The van der Waals surface area contributed by atoms with Crippen LogP contribution >= 0.6 is 0 Å². The summed E-state index contributed by atoms with van der Waals surface area (Å²) in [5.41, 5.74) is 0.295. The van der Waals surface area contributed by atoms with E-state index in [0.29, 0.717) is 19.4 Å². The predicted molar refractivity (Wildman–Crippen MR) is 103 cm³/mol. The molecular formula is C20H30N2O6. The van der Waals surface area contributed by atoms with Gasteiger partial charge in [-0.3, -0.25) is 0 Å². The van der Waals surface area contributed by atoms with Crippen LogP contribution in [0.4, 0.5) is 4.79 Å². The molecule has 0 aromatic carbocycles. The smallest absolute Gasteiger partial charge is 0.410 e. The Bertz CT molecular complexity index is 660. The summed E-state index contributed by atoms with van der Waals surface area (Å²) in [5, 5.41) is 0. The average Bonchev–Trinajstić information content (AvgIpc) is 2.60. The van der Waals surface area contributed by atoms with Crippen LogP contribution in [0.2, 0.25) is 0 Å². The number of ether oxygens (including phenoxy) is 3. The first-order valence-corrected chi connectivity index (χ1v) is 9.36. The monoisotopic (exact) mass is 394 g/mol. The summed E-state index contributed by atoms with van der Waals surface area (Å²) < 4.78 is 15.3. The van der Waals surface area contributed by atoms with E-state index in [-0.39, 0.29) is 24.6 Å². The Hall–Kier alpha value is -2.64. The van der Waals surface area contributed by atoms with E-state index in [9.17, 15) is 14.4 Å². The minimum Gasteiger partial charge on any atom is -0.461 e. The van der Waals surface area contributed by atoms with E-state index in [0.717, 1.165) is 5.56 Å². The lowest BCUT2D eigenvalue weighted by atomic mass is 10.1. The Labute approximate surface area is 166 Å². The van der Waals surface area contributed by atoms with E-state index in [4.69, 9.17) is 14.2 Å². The molecule has 0 unspecified atom stereocenters. The van der Waals surface area contributed by atoms with Crippen molar-refractivity contribution < 1.29 is 28.6 Å². The number of aromatic nitrogens is 1. The highest BCUT2D eigenvalue weighted by atomic mass is 16.6. The quantitative estimate of drug-likeness (QED) is 0.493. The Kier molecular flexibility index (Phi) is 8.88.